The number of aryl methyl sites for hydroxylation is 1. The minimum atomic E-state index is -0.0859. The summed E-state index contributed by atoms with van der Waals surface area (Å²) < 4.78 is 1.85. The number of aromatic nitrogens is 3. The summed E-state index contributed by atoms with van der Waals surface area (Å²) in [5.41, 5.74) is 1.72. The lowest BCUT2D eigenvalue weighted by molar-refractivity contribution is -0.118. The van der Waals surface area contributed by atoms with E-state index >= 15 is 0 Å². The van der Waals surface area contributed by atoms with Crippen LogP contribution in [-0.2, 0) is 11.8 Å². The molecule has 2 heterocycles. The highest BCUT2D eigenvalue weighted by atomic mass is 35.5. The van der Waals surface area contributed by atoms with E-state index in [9.17, 15) is 4.79 Å². The van der Waals surface area contributed by atoms with E-state index < -0.39 is 0 Å². The molecule has 1 aliphatic heterocycles. The molecule has 1 aromatic carbocycles. The summed E-state index contributed by atoms with van der Waals surface area (Å²) in [4.78, 5) is 12.2. The molecule has 0 aliphatic carbocycles. The Balaban J connectivity index is 0.00000176. The monoisotopic (exact) mass is 321 g/mol. The fraction of sp³-hybridized carbons (Fsp3) is 0.400. The molecule has 2 aromatic rings. The molecule has 1 atom stereocenters. The topological polar surface area (TPSA) is 71.8 Å². The molecule has 0 bridgehead atoms. The van der Waals surface area contributed by atoms with E-state index in [1.807, 2.05) is 35.9 Å². The Kier molecular flexibility index (Phi) is 5.51. The summed E-state index contributed by atoms with van der Waals surface area (Å²) in [5, 5.41) is 14.2. The van der Waals surface area contributed by atoms with Crippen molar-refractivity contribution >= 4 is 24.0 Å². The Morgan fingerprint density at radius 1 is 1.41 bits per heavy atom. The lowest BCUT2D eigenvalue weighted by Gasteiger charge is -2.22. The van der Waals surface area contributed by atoms with Crippen LogP contribution >= 0.6 is 12.4 Å². The van der Waals surface area contributed by atoms with Crippen LogP contribution in [0.2, 0.25) is 0 Å². The molecule has 7 heteroatoms. The van der Waals surface area contributed by atoms with Gasteiger partial charge in [-0.3, -0.25) is 4.79 Å². The number of rotatable bonds is 3. The third-order valence-corrected chi connectivity index (χ3v) is 3.73. The average molecular weight is 322 g/mol. The Hall–Kier alpha value is -1.92. The number of hydrogen-bond donors (Lipinski definition) is 2. The first-order valence-corrected chi connectivity index (χ1v) is 7.23. The molecular formula is C15H20ClN5O. The number of halogens is 1. The fourth-order valence-corrected chi connectivity index (χ4v) is 2.59. The van der Waals surface area contributed by atoms with Gasteiger partial charge in [-0.05, 0) is 31.5 Å². The van der Waals surface area contributed by atoms with Crippen LogP contribution in [0.15, 0.2) is 30.6 Å². The van der Waals surface area contributed by atoms with Crippen molar-refractivity contribution < 1.29 is 4.79 Å². The van der Waals surface area contributed by atoms with Crippen molar-refractivity contribution in [2.24, 2.45) is 7.05 Å². The lowest BCUT2D eigenvalue weighted by atomic mass is 10.0. The molecule has 0 spiro atoms. The molecule has 1 aliphatic rings. The Bertz CT molecular complexity index is 636. The molecule has 1 aromatic heterocycles. The number of benzene rings is 1. The molecule has 1 saturated heterocycles. The summed E-state index contributed by atoms with van der Waals surface area (Å²) in [6.07, 6.45) is 4.80. The number of hydrogen-bond acceptors (Lipinski definition) is 4. The molecule has 1 fully saturated rings. The number of carbonyl (C=O) groups excluding carboxylic acids is 1. The molecule has 0 radical (unpaired) electrons. The van der Waals surface area contributed by atoms with Crippen LogP contribution in [0.1, 0.15) is 19.3 Å². The van der Waals surface area contributed by atoms with Crippen molar-refractivity contribution in [1.29, 1.82) is 0 Å². The van der Waals surface area contributed by atoms with Gasteiger partial charge in [0.2, 0.25) is 5.91 Å². The normalized spacial score (nSPS) is 17.6. The molecule has 0 saturated carbocycles. The second kappa shape index (κ2) is 7.38. The molecule has 118 valence electrons. The Labute approximate surface area is 135 Å². The van der Waals surface area contributed by atoms with Gasteiger partial charge in [0.05, 0.1) is 6.04 Å². The van der Waals surface area contributed by atoms with Crippen molar-refractivity contribution in [1.82, 2.24) is 20.1 Å². The van der Waals surface area contributed by atoms with Crippen molar-refractivity contribution in [3.63, 3.8) is 0 Å². The SMILES string of the molecule is Cl.Cn1cnnc1-c1cccc(NC(=O)[C@@H]2CCCCN2)c1. The van der Waals surface area contributed by atoms with Crippen molar-refractivity contribution in [3.05, 3.63) is 30.6 Å². The smallest absolute Gasteiger partial charge is 0.241 e. The minimum absolute atomic E-state index is 0. The highest BCUT2D eigenvalue weighted by molar-refractivity contribution is 5.95. The standard InChI is InChI=1S/C15H19N5O.ClH/c1-20-10-17-19-14(20)11-5-4-6-12(9-11)18-15(21)13-7-2-3-8-16-13;/h4-6,9-10,13,16H,2-3,7-8H2,1H3,(H,18,21);1H/t13-;/m0./s1. The first kappa shape index (κ1) is 16.5. The van der Waals surface area contributed by atoms with Crippen LogP contribution in [0.5, 0.6) is 0 Å². The van der Waals surface area contributed by atoms with Gasteiger partial charge in [0.25, 0.3) is 0 Å². The minimum Gasteiger partial charge on any atom is -0.325 e. The molecule has 2 N–H and O–H groups in total. The van der Waals surface area contributed by atoms with E-state index in [4.69, 9.17) is 0 Å². The second-order valence-electron chi connectivity index (χ2n) is 5.34. The molecule has 3 rings (SSSR count). The highest BCUT2D eigenvalue weighted by Crippen LogP contribution is 2.20. The average Bonchev–Trinajstić information content (AvgIpc) is 2.94. The lowest BCUT2D eigenvalue weighted by Crippen LogP contribution is -2.43. The van der Waals surface area contributed by atoms with Gasteiger partial charge in [0, 0.05) is 18.3 Å². The van der Waals surface area contributed by atoms with Crippen LogP contribution in [0.25, 0.3) is 11.4 Å². The largest absolute Gasteiger partial charge is 0.325 e. The van der Waals surface area contributed by atoms with E-state index in [1.54, 1.807) is 6.33 Å². The third-order valence-electron chi connectivity index (χ3n) is 3.73. The number of anilines is 1. The van der Waals surface area contributed by atoms with E-state index in [0.717, 1.165) is 42.9 Å². The number of nitrogens with one attached hydrogen (secondary N) is 2. The van der Waals surface area contributed by atoms with Crippen LogP contribution in [0.3, 0.4) is 0 Å². The number of carbonyl (C=O) groups is 1. The fourth-order valence-electron chi connectivity index (χ4n) is 2.59. The van der Waals surface area contributed by atoms with E-state index in [1.165, 1.54) is 0 Å². The quantitative estimate of drug-likeness (QED) is 0.907. The zero-order valence-corrected chi connectivity index (χ0v) is 13.3. The van der Waals surface area contributed by atoms with Crippen LogP contribution in [-0.4, -0.2) is 33.3 Å². The van der Waals surface area contributed by atoms with Crippen molar-refractivity contribution in [3.8, 4) is 11.4 Å². The molecule has 6 nitrogen and oxygen atoms in total. The summed E-state index contributed by atoms with van der Waals surface area (Å²) in [5.74, 6) is 0.812. The summed E-state index contributed by atoms with van der Waals surface area (Å²) in [6, 6.07) is 7.59. The Morgan fingerprint density at radius 3 is 2.95 bits per heavy atom. The predicted octanol–water partition coefficient (Wildman–Crippen LogP) is 1.98. The summed E-state index contributed by atoms with van der Waals surface area (Å²) in [7, 11) is 1.90. The molecule has 0 unspecified atom stereocenters. The molecular weight excluding hydrogens is 302 g/mol. The highest BCUT2D eigenvalue weighted by Gasteiger charge is 2.20. The third kappa shape index (κ3) is 3.64. The first-order chi connectivity index (χ1) is 10.2. The maximum atomic E-state index is 12.2. The van der Waals surface area contributed by atoms with Gasteiger partial charge < -0.3 is 15.2 Å². The Morgan fingerprint density at radius 2 is 2.27 bits per heavy atom. The molecule has 22 heavy (non-hydrogen) atoms. The number of piperidine rings is 1. The van der Waals surface area contributed by atoms with Gasteiger partial charge >= 0.3 is 0 Å². The van der Waals surface area contributed by atoms with Crippen LogP contribution in [0.4, 0.5) is 5.69 Å². The predicted molar refractivity (Wildman–Crippen MR) is 88.0 cm³/mol. The van der Waals surface area contributed by atoms with Gasteiger partial charge in [-0.15, -0.1) is 22.6 Å². The van der Waals surface area contributed by atoms with E-state index in [2.05, 4.69) is 20.8 Å². The van der Waals surface area contributed by atoms with E-state index in [0.29, 0.717) is 0 Å². The summed E-state index contributed by atoms with van der Waals surface area (Å²) in [6.45, 7) is 0.914. The van der Waals surface area contributed by atoms with Gasteiger partial charge in [-0.1, -0.05) is 18.6 Å². The van der Waals surface area contributed by atoms with Gasteiger partial charge in [-0.25, -0.2) is 0 Å². The summed E-state index contributed by atoms with van der Waals surface area (Å²) >= 11 is 0. The van der Waals surface area contributed by atoms with E-state index in [-0.39, 0.29) is 24.4 Å². The van der Waals surface area contributed by atoms with Crippen LogP contribution < -0.4 is 10.6 Å². The van der Waals surface area contributed by atoms with Crippen molar-refractivity contribution in [2.45, 2.75) is 25.3 Å². The zero-order chi connectivity index (χ0) is 14.7. The second-order valence-corrected chi connectivity index (χ2v) is 5.34. The van der Waals surface area contributed by atoms with Gasteiger partial charge in [-0.2, -0.15) is 0 Å². The van der Waals surface area contributed by atoms with Crippen LogP contribution in [0, 0.1) is 0 Å². The molecule has 1 amide bonds. The number of amides is 1. The zero-order valence-electron chi connectivity index (χ0n) is 12.5. The first-order valence-electron chi connectivity index (χ1n) is 7.23. The maximum Gasteiger partial charge on any atom is 0.241 e. The van der Waals surface area contributed by atoms with Gasteiger partial charge in [0.15, 0.2) is 5.82 Å². The maximum absolute atomic E-state index is 12.2. The number of nitrogens with zero attached hydrogens (tertiary/aromatic N) is 3. The van der Waals surface area contributed by atoms with Crippen molar-refractivity contribution in [2.75, 3.05) is 11.9 Å². The van der Waals surface area contributed by atoms with Gasteiger partial charge in [0.1, 0.15) is 6.33 Å².